The van der Waals surface area contributed by atoms with E-state index in [1.54, 1.807) is 49.0 Å². The van der Waals surface area contributed by atoms with E-state index in [1.807, 2.05) is 6.07 Å². The van der Waals surface area contributed by atoms with Crippen molar-refractivity contribution in [1.82, 2.24) is 10.1 Å². The first kappa shape index (κ1) is 17.8. The first-order chi connectivity index (χ1) is 12.0. The maximum atomic E-state index is 14.4. The van der Waals surface area contributed by atoms with Gasteiger partial charge in [-0.05, 0) is 42.3 Å². The fraction of sp³-hybridized carbons (Fsp3) is 0.222. The van der Waals surface area contributed by atoms with Gasteiger partial charge in [-0.3, -0.25) is 0 Å². The molecule has 4 nitrogen and oxygen atoms in total. The monoisotopic (exact) mass is 377 g/mol. The Balaban J connectivity index is 1.86. The summed E-state index contributed by atoms with van der Waals surface area (Å²) in [5.74, 6) is 1.81. The van der Waals surface area contributed by atoms with Crippen molar-refractivity contribution in [2.45, 2.75) is 18.6 Å². The number of anilines is 1. The molecule has 130 valence electrons. The Bertz CT molecular complexity index is 871. The highest BCUT2D eigenvalue weighted by Crippen LogP contribution is 2.35. The first-order valence-electron chi connectivity index (χ1n) is 7.71. The molecule has 0 spiro atoms. The second kappa shape index (κ2) is 7.89. The van der Waals surface area contributed by atoms with Crippen LogP contribution in [0.2, 0.25) is 5.02 Å². The summed E-state index contributed by atoms with van der Waals surface area (Å²) < 4.78 is 19.5. The van der Waals surface area contributed by atoms with Crippen LogP contribution in [0.1, 0.15) is 28.8 Å². The Morgan fingerprint density at radius 2 is 2.04 bits per heavy atom. The summed E-state index contributed by atoms with van der Waals surface area (Å²) >= 11 is 7.71. The minimum Gasteiger partial charge on any atom is -0.398 e. The Labute approximate surface area is 154 Å². The van der Waals surface area contributed by atoms with Gasteiger partial charge >= 0.3 is 0 Å². The van der Waals surface area contributed by atoms with Crippen molar-refractivity contribution < 1.29 is 8.91 Å². The van der Waals surface area contributed by atoms with Crippen LogP contribution in [0.25, 0.3) is 0 Å². The number of thioether (sulfide) groups is 1. The average molecular weight is 378 g/mol. The molecular formula is C18H17ClFN3OS. The summed E-state index contributed by atoms with van der Waals surface area (Å²) in [6.07, 6.45) is 0. The third kappa shape index (κ3) is 4.32. The van der Waals surface area contributed by atoms with Crippen molar-refractivity contribution in [1.29, 1.82) is 0 Å². The van der Waals surface area contributed by atoms with Gasteiger partial charge in [-0.15, -0.1) is 0 Å². The Hall–Kier alpha value is -2.05. The van der Waals surface area contributed by atoms with Crippen LogP contribution in [0.15, 0.2) is 47.0 Å². The highest BCUT2D eigenvalue weighted by atomic mass is 35.5. The maximum absolute atomic E-state index is 14.4. The summed E-state index contributed by atoms with van der Waals surface area (Å²) in [6.45, 7) is 1.77. The smallest absolute Gasteiger partial charge is 0.236 e. The lowest BCUT2D eigenvalue weighted by Crippen LogP contribution is -2.09. The molecule has 1 aromatic heterocycles. The van der Waals surface area contributed by atoms with E-state index in [0.717, 1.165) is 5.56 Å². The summed E-state index contributed by atoms with van der Waals surface area (Å²) in [7, 11) is 0. The van der Waals surface area contributed by atoms with Crippen LogP contribution < -0.4 is 5.73 Å². The molecule has 3 rings (SSSR count). The fourth-order valence-corrected chi connectivity index (χ4v) is 3.80. The van der Waals surface area contributed by atoms with Crippen molar-refractivity contribution in [2.24, 2.45) is 0 Å². The maximum Gasteiger partial charge on any atom is 0.236 e. The van der Waals surface area contributed by atoms with Gasteiger partial charge in [-0.25, -0.2) is 4.39 Å². The minimum atomic E-state index is -0.263. The molecule has 0 saturated heterocycles. The van der Waals surface area contributed by atoms with Crippen LogP contribution in [0.4, 0.5) is 10.1 Å². The third-order valence-electron chi connectivity index (χ3n) is 3.78. The van der Waals surface area contributed by atoms with E-state index in [4.69, 9.17) is 21.9 Å². The number of nitrogens with two attached hydrogens (primary N) is 1. The van der Waals surface area contributed by atoms with Gasteiger partial charge in [0.25, 0.3) is 0 Å². The van der Waals surface area contributed by atoms with Gasteiger partial charge in [-0.2, -0.15) is 16.7 Å². The molecule has 7 heteroatoms. The second-order valence-corrected chi connectivity index (χ2v) is 7.06. The van der Waals surface area contributed by atoms with Gasteiger partial charge in [0.1, 0.15) is 5.82 Å². The molecule has 2 aromatic carbocycles. The highest BCUT2D eigenvalue weighted by molar-refractivity contribution is 7.98. The molecule has 2 N–H and O–H groups in total. The minimum absolute atomic E-state index is 0.228. The molecule has 0 aliphatic rings. The molecule has 1 atom stereocenters. The summed E-state index contributed by atoms with van der Waals surface area (Å²) in [4.78, 5) is 4.18. The largest absolute Gasteiger partial charge is 0.398 e. The summed E-state index contributed by atoms with van der Waals surface area (Å²) in [5, 5.41) is 4.35. The zero-order valence-electron chi connectivity index (χ0n) is 13.6. The molecule has 1 heterocycles. The van der Waals surface area contributed by atoms with Gasteiger partial charge < -0.3 is 10.3 Å². The van der Waals surface area contributed by atoms with E-state index in [0.29, 0.717) is 39.5 Å². The highest BCUT2D eigenvalue weighted by Gasteiger charge is 2.21. The van der Waals surface area contributed by atoms with Crippen LogP contribution >= 0.6 is 23.4 Å². The molecule has 0 aliphatic heterocycles. The number of hydrogen-bond acceptors (Lipinski definition) is 5. The third-order valence-corrected chi connectivity index (χ3v) is 5.04. The first-order valence-corrected chi connectivity index (χ1v) is 9.24. The fourth-order valence-electron chi connectivity index (χ4n) is 2.61. The van der Waals surface area contributed by atoms with Gasteiger partial charge in [-0.1, -0.05) is 35.0 Å². The number of hydrogen-bond donors (Lipinski definition) is 1. The lowest BCUT2D eigenvalue weighted by molar-refractivity contribution is 0.387. The van der Waals surface area contributed by atoms with E-state index < -0.39 is 0 Å². The van der Waals surface area contributed by atoms with Crippen molar-refractivity contribution >= 4 is 29.1 Å². The van der Waals surface area contributed by atoms with Gasteiger partial charge in [0.2, 0.25) is 5.89 Å². The number of aryl methyl sites for hydroxylation is 1. The quantitative estimate of drug-likeness (QED) is 0.624. The van der Waals surface area contributed by atoms with E-state index in [9.17, 15) is 4.39 Å². The number of aromatic nitrogens is 2. The molecule has 0 bridgehead atoms. The zero-order chi connectivity index (χ0) is 17.8. The Morgan fingerprint density at radius 3 is 2.76 bits per heavy atom. The van der Waals surface area contributed by atoms with E-state index in [2.05, 4.69) is 10.1 Å². The Kier molecular flexibility index (Phi) is 5.60. The van der Waals surface area contributed by atoms with Crippen LogP contribution in [0.5, 0.6) is 0 Å². The lowest BCUT2D eigenvalue weighted by atomic mass is 9.91. The van der Waals surface area contributed by atoms with E-state index >= 15 is 0 Å². The topological polar surface area (TPSA) is 64.9 Å². The van der Waals surface area contributed by atoms with Crippen LogP contribution in [0.3, 0.4) is 0 Å². The van der Waals surface area contributed by atoms with E-state index in [1.165, 1.54) is 6.07 Å². The molecule has 0 fully saturated rings. The predicted molar refractivity (Wildman–Crippen MR) is 99.3 cm³/mol. The Morgan fingerprint density at radius 1 is 1.24 bits per heavy atom. The number of halogens is 2. The van der Waals surface area contributed by atoms with Crippen LogP contribution in [-0.2, 0) is 5.75 Å². The molecule has 0 radical (unpaired) electrons. The average Bonchev–Trinajstić information content (AvgIpc) is 3.00. The predicted octanol–water partition coefficient (Wildman–Crippen LogP) is 4.82. The second-order valence-electron chi connectivity index (χ2n) is 5.60. The number of benzene rings is 2. The standard InChI is InChI=1S/C18H17ClFN3OS/c1-11-22-18(24-23-11)10-25-9-15(13-4-2-3-5-16(13)20)14-8-12(19)6-7-17(14)21/h2-8,15H,9-10,21H2,1H3. The SMILES string of the molecule is Cc1noc(CSCC(c2cc(Cl)ccc2N)c2ccccc2F)n1. The van der Waals surface area contributed by atoms with Crippen LogP contribution in [0, 0.1) is 12.7 Å². The summed E-state index contributed by atoms with van der Waals surface area (Å²) in [6, 6.07) is 12.0. The van der Waals surface area contributed by atoms with Gasteiger partial charge in [0.05, 0.1) is 5.75 Å². The molecule has 0 aliphatic carbocycles. The molecular weight excluding hydrogens is 361 g/mol. The van der Waals surface area contributed by atoms with Crippen LogP contribution in [-0.4, -0.2) is 15.9 Å². The summed E-state index contributed by atoms with van der Waals surface area (Å²) in [5.41, 5.74) is 8.12. The molecule has 25 heavy (non-hydrogen) atoms. The van der Waals surface area contributed by atoms with Gasteiger partial charge in [0, 0.05) is 22.4 Å². The lowest BCUT2D eigenvalue weighted by Gasteiger charge is -2.20. The van der Waals surface area contributed by atoms with Gasteiger partial charge in [0.15, 0.2) is 5.82 Å². The molecule has 0 amide bonds. The molecule has 3 aromatic rings. The van der Waals surface area contributed by atoms with E-state index in [-0.39, 0.29) is 11.7 Å². The zero-order valence-corrected chi connectivity index (χ0v) is 15.1. The van der Waals surface area contributed by atoms with Crippen molar-refractivity contribution in [2.75, 3.05) is 11.5 Å². The van der Waals surface area contributed by atoms with Crippen molar-refractivity contribution in [3.05, 3.63) is 76.1 Å². The normalized spacial score (nSPS) is 12.3. The van der Waals surface area contributed by atoms with Crippen molar-refractivity contribution in [3.8, 4) is 0 Å². The molecule has 1 unspecified atom stereocenters. The van der Waals surface area contributed by atoms with Crippen molar-refractivity contribution in [3.63, 3.8) is 0 Å². The number of nitrogens with zero attached hydrogens (tertiary/aromatic N) is 2. The molecule has 0 saturated carbocycles. The number of nitrogen functional groups attached to an aromatic ring is 1. The number of rotatable bonds is 6.